The van der Waals surface area contributed by atoms with Crippen LogP contribution in [0.25, 0.3) is 21.7 Å². The second-order valence-electron chi connectivity index (χ2n) is 5.71. The first kappa shape index (κ1) is 17.2. The van der Waals surface area contributed by atoms with Crippen molar-refractivity contribution in [2.75, 3.05) is 5.32 Å². The lowest BCUT2D eigenvalue weighted by Crippen LogP contribution is -2.07. The molecule has 4 nitrogen and oxygen atoms in total. The van der Waals surface area contributed by atoms with Crippen LogP contribution in [0.4, 0.5) is 10.2 Å². The minimum Gasteiger partial charge on any atom is -0.311 e. The molecule has 0 fully saturated rings. The van der Waals surface area contributed by atoms with Gasteiger partial charge in [-0.2, -0.15) is 0 Å². The lowest BCUT2D eigenvalue weighted by Gasteiger charge is -2.06. The fraction of sp³-hybridized carbons (Fsp3) is 0.211. The number of anilines is 1. The molecule has 0 aliphatic rings. The third-order valence-corrected chi connectivity index (χ3v) is 4.98. The van der Waals surface area contributed by atoms with Crippen molar-refractivity contribution in [1.82, 2.24) is 9.97 Å². The van der Waals surface area contributed by atoms with Gasteiger partial charge in [0.25, 0.3) is 0 Å². The predicted molar refractivity (Wildman–Crippen MR) is 99.2 cm³/mol. The van der Waals surface area contributed by atoms with Crippen LogP contribution in [-0.4, -0.2) is 15.9 Å². The summed E-state index contributed by atoms with van der Waals surface area (Å²) in [6.45, 7) is 5.24. The molecule has 0 saturated heterocycles. The first-order valence-electron chi connectivity index (χ1n) is 7.98. The fourth-order valence-corrected chi connectivity index (χ4v) is 3.54. The summed E-state index contributed by atoms with van der Waals surface area (Å²) in [5.41, 5.74) is 3.21. The van der Waals surface area contributed by atoms with Crippen molar-refractivity contribution >= 4 is 23.1 Å². The first-order valence-corrected chi connectivity index (χ1v) is 8.79. The molecule has 1 amide bonds. The van der Waals surface area contributed by atoms with Gasteiger partial charge in [-0.05, 0) is 54.8 Å². The number of carbonyl (C=O) groups is 1. The number of rotatable bonds is 4. The second-order valence-corrected chi connectivity index (χ2v) is 6.80. The average molecular weight is 355 g/mol. The molecule has 0 saturated carbocycles. The predicted octanol–water partition coefficient (Wildman–Crippen LogP) is 4.84. The Morgan fingerprint density at radius 1 is 1.24 bits per heavy atom. The van der Waals surface area contributed by atoms with Gasteiger partial charge in [-0.1, -0.05) is 6.92 Å². The summed E-state index contributed by atoms with van der Waals surface area (Å²) in [6, 6.07) is 8.74. The largest absolute Gasteiger partial charge is 0.311 e. The molecule has 2 aromatic heterocycles. The minimum atomic E-state index is -0.229. The maximum atomic E-state index is 13.6. The zero-order valence-corrected chi connectivity index (χ0v) is 15.1. The van der Waals surface area contributed by atoms with Crippen molar-refractivity contribution in [3.8, 4) is 21.7 Å². The number of aryl methyl sites for hydroxylation is 2. The number of hydrogen-bond acceptors (Lipinski definition) is 4. The highest BCUT2D eigenvalue weighted by Crippen LogP contribution is 2.38. The van der Waals surface area contributed by atoms with E-state index in [1.54, 1.807) is 30.5 Å². The molecule has 0 unspecified atom stereocenters. The van der Waals surface area contributed by atoms with Gasteiger partial charge in [0.05, 0.1) is 15.6 Å². The normalized spacial score (nSPS) is 10.7. The SMILES string of the molecule is CCc1nc(-c2ccc(F)c(C)c2)c(-c2ccnc(NC(C)=O)c2)s1. The number of pyridine rings is 1. The highest BCUT2D eigenvalue weighted by molar-refractivity contribution is 7.15. The van der Waals surface area contributed by atoms with Gasteiger partial charge < -0.3 is 5.32 Å². The van der Waals surface area contributed by atoms with E-state index in [1.165, 1.54) is 13.0 Å². The fourth-order valence-electron chi connectivity index (χ4n) is 2.52. The molecule has 0 radical (unpaired) electrons. The highest BCUT2D eigenvalue weighted by Gasteiger charge is 2.16. The summed E-state index contributed by atoms with van der Waals surface area (Å²) >= 11 is 1.60. The summed E-state index contributed by atoms with van der Waals surface area (Å²) in [5, 5.41) is 3.70. The van der Waals surface area contributed by atoms with Crippen molar-refractivity contribution in [3.63, 3.8) is 0 Å². The number of hydrogen-bond donors (Lipinski definition) is 1. The molecule has 3 aromatic rings. The topological polar surface area (TPSA) is 54.9 Å². The number of nitrogens with one attached hydrogen (secondary N) is 1. The molecule has 2 heterocycles. The van der Waals surface area contributed by atoms with E-state index < -0.39 is 0 Å². The zero-order chi connectivity index (χ0) is 18.0. The Kier molecular flexibility index (Phi) is 4.90. The molecule has 128 valence electrons. The van der Waals surface area contributed by atoms with Crippen molar-refractivity contribution in [2.45, 2.75) is 27.2 Å². The van der Waals surface area contributed by atoms with E-state index in [1.807, 2.05) is 18.2 Å². The van der Waals surface area contributed by atoms with E-state index >= 15 is 0 Å². The van der Waals surface area contributed by atoms with E-state index in [-0.39, 0.29) is 11.7 Å². The number of halogens is 1. The van der Waals surface area contributed by atoms with E-state index in [2.05, 4.69) is 17.2 Å². The molecular weight excluding hydrogens is 337 g/mol. The maximum Gasteiger partial charge on any atom is 0.222 e. The van der Waals surface area contributed by atoms with Crippen LogP contribution in [0.1, 0.15) is 24.4 Å². The van der Waals surface area contributed by atoms with E-state index in [9.17, 15) is 9.18 Å². The van der Waals surface area contributed by atoms with E-state index in [4.69, 9.17) is 4.98 Å². The smallest absolute Gasteiger partial charge is 0.222 e. The molecule has 3 rings (SSSR count). The van der Waals surface area contributed by atoms with Crippen LogP contribution >= 0.6 is 11.3 Å². The Bertz CT molecular complexity index is 936. The van der Waals surface area contributed by atoms with Gasteiger partial charge >= 0.3 is 0 Å². The average Bonchev–Trinajstić information content (AvgIpc) is 3.01. The van der Waals surface area contributed by atoms with Crippen LogP contribution in [0.3, 0.4) is 0 Å². The van der Waals surface area contributed by atoms with E-state index in [0.717, 1.165) is 33.1 Å². The standard InChI is InChI=1S/C19H18FN3OS/c1-4-17-23-18(13-5-6-15(20)11(2)9-13)19(25-17)14-7-8-21-16(10-14)22-12(3)24/h5-10H,4H2,1-3H3,(H,21,22,24). The molecule has 1 N–H and O–H groups in total. The third-order valence-electron chi connectivity index (χ3n) is 3.73. The van der Waals surface area contributed by atoms with Gasteiger partial charge in [-0.25, -0.2) is 14.4 Å². The van der Waals surface area contributed by atoms with Crippen LogP contribution in [0.15, 0.2) is 36.5 Å². The second kappa shape index (κ2) is 7.11. The van der Waals surface area contributed by atoms with Crippen molar-refractivity contribution in [2.24, 2.45) is 0 Å². The Labute approximate surface area is 149 Å². The summed E-state index contributed by atoms with van der Waals surface area (Å²) < 4.78 is 13.6. The first-order chi connectivity index (χ1) is 12.0. The molecule has 0 atom stereocenters. The van der Waals surface area contributed by atoms with Gasteiger partial charge in [0.15, 0.2) is 0 Å². The van der Waals surface area contributed by atoms with Gasteiger partial charge in [-0.15, -0.1) is 11.3 Å². The van der Waals surface area contributed by atoms with Crippen LogP contribution in [0, 0.1) is 12.7 Å². The quantitative estimate of drug-likeness (QED) is 0.728. The van der Waals surface area contributed by atoms with Crippen molar-refractivity contribution in [3.05, 3.63) is 52.9 Å². The highest BCUT2D eigenvalue weighted by atomic mass is 32.1. The molecule has 0 aliphatic heterocycles. The van der Waals surface area contributed by atoms with Crippen molar-refractivity contribution < 1.29 is 9.18 Å². The number of carbonyl (C=O) groups excluding carboxylic acids is 1. The third kappa shape index (κ3) is 3.74. The Morgan fingerprint density at radius 2 is 2.04 bits per heavy atom. The van der Waals surface area contributed by atoms with Crippen LogP contribution in [0.5, 0.6) is 0 Å². The van der Waals surface area contributed by atoms with Gasteiger partial charge in [0.1, 0.15) is 11.6 Å². The molecule has 6 heteroatoms. The van der Waals surface area contributed by atoms with E-state index in [0.29, 0.717) is 11.4 Å². The monoisotopic (exact) mass is 355 g/mol. The summed E-state index contributed by atoms with van der Waals surface area (Å²) in [5.74, 6) is 0.100. The maximum absolute atomic E-state index is 13.6. The number of nitrogens with zero attached hydrogens (tertiary/aromatic N) is 2. The Morgan fingerprint density at radius 3 is 2.72 bits per heavy atom. The van der Waals surface area contributed by atoms with Crippen LogP contribution < -0.4 is 5.32 Å². The van der Waals surface area contributed by atoms with Gasteiger partial charge in [0.2, 0.25) is 5.91 Å². The Hall–Kier alpha value is -2.60. The van der Waals surface area contributed by atoms with Gasteiger partial charge in [-0.3, -0.25) is 4.79 Å². The molecule has 1 aromatic carbocycles. The molecular formula is C19H18FN3OS. The lowest BCUT2D eigenvalue weighted by molar-refractivity contribution is -0.114. The molecule has 25 heavy (non-hydrogen) atoms. The number of benzene rings is 1. The lowest BCUT2D eigenvalue weighted by atomic mass is 10.0. The molecule has 0 aliphatic carbocycles. The Balaban J connectivity index is 2.11. The number of aromatic nitrogens is 2. The zero-order valence-electron chi connectivity index (χ0n) is 14.3. The molecule has 0 spiro atoms. The van der Waals surface area contributed by atoms with Gasteiger partial charge in [0, 0.05) is 18.7 Å². The van der Waals surface area contributed by atoms with Crippen LogP contribution in [0.2, 0.25) is 0 Å². The summed E-state index contributed by atoms with van der Waals surface area (Å²) in [6.07, 6.45) is 2.48. The number of amides is 1. The molecule has 0 bridgehead atoms. The van der Waals surface area contributed by atoms with Crippen molar-refractivity contribution in [1.29, 1.82) is 0 Å². The minimum absolute atomic E-state index is 0.169. The number of thiazole rings is 1. The summed E-state index contributed by atoms with van der Waals surface area (Å²) in [4.78, 5) is 21.1. The van der Waals surface area contributed by atoms with Crippen LogP contribution in [-0.2, 0) is 11.2 Å². The summed E-state index contributed by atoms with van der Waals surface area (Å²) in [7, 11) is 0.